The molecule has 15 heavy (non-hydrogen) atoms. The van der Waals surface area contributed by atoms with E-state index in [0.717, 1.165) is 0 Å². The topological polar surface area (TPSA) is 32.3 Å². The van der Waals surface area contributed by atoms with Gasteiger partial charge in [-0.05, 0) is 17.7 Å². The second kappa shape index (κ2) is 6.00. The summed E-state index contributed by atoms with van der Waals surface area (Å²) in [4.78, 5) is 0. The van der Waals surface area contributed by atoms with Crippen LogP contribution in [0.4, 0.5) is 8.78 Å². The predicted octanol–water partition coefficient (Wildman–Crippen LogP) is 2.23. The van der Waals surface area contributed by atoms with Crippen LogP contribution < -0.4 is 5.32 Å². The number of nitrogens with one attached hydrogen (secondary N) is 1. The minimum absolute atomic E-state index is 0.103. The van der Waals surface area contributed by atoms with Gasteiger partial charge in [0.25, 0.3) is 6.43 Å². The molecule has 0 aliphatic rings. The van der Waals surface area contributed by atoms with Crippen molar-refractivity contribution in [2.75, 3.05) is 13.1 Å². The van der Waals surface area contributed by atoms with E-state index < -0.39 is 19.1 Å². The summed E-state index contributed by atoms with van der Waals surface area (Å²) in [7, 11) is 0. The van der Waals surface area contributed by atoms with Crippen molar-refractivity contribution in [3.05, 3.63) is 34.9 Å². The van der Waals surface area contributed by atoms with Gasteiger partial charge in [0.2, 0.25) is 0 Å². The molecule has 1 atom stereocenters. The first-order valence-electron chi connectivity index (χ1n) is 4.52. The Morgan fingerprint density at radius 1 is 1.20 bits per heavy atom. The maximum absolute atomic E-state index is 11.8. The third-order valence-electron chi connectivity index (χ3n) is 1.89. The Kier molecular flexibility index (Phi) is 4.94. The molecule has 1 rings (SSSR count). The highest BCUT2D eigenvalue weighted by molar-refractivity contribution is 6.30. The highest BCUT2D eigenvalue weighted by Crippen LogP contribution is 2.15. The van der Waals surface area contributed by atoms with E-state index in [1.165, 1.54) is 0 Å². The Hall–Kier alpha value is -0.710. The molecule has 84 valence electrons. The minimum Gasteiger partial charge on any atom is -0.387 e. The molecule has 0 bridgehead atoms. The number of aliphatic hydroxyl groups excluding tert-OH is 1. The van der Waals surface area contributed by atoms with Gasteiger partial charge < -0.3 is 10.4 Å². The number of hydrogen-bond acceptors (Lipinski definition) is 2. The van der Waals surface area contributed by atoms with E-state index in [9.17, 15) is 13.9 Å². The normalized spacial score (nSPS) is 13.1. The molecule has 0 saturated carbocycles. The fraction of sp³-hybridized carbons (Fsp3) is 0.400. The first-order valence-corrected chi connectivity index (χ1v) is 4.90. The third-order valence-corrected chi connectivity index (χ3v) is 2.14. The van der Waals surface area contributed by atoms with E-state index in [2.05, 4.69) is 5.32 Å². The van der Waals surface area contributed by atoms with E-state index in [1.807, 2.05) is 0 Å². The first kappa shape index (κ1) is 12.4. The molecule has 2 N–H and O–H groups in total. The van der Waals surface area contributed by atoms with Crippen LogP contribution in [-0.2, 0) is 0 Å². The Morgan fingerprint density at radius 2 is 1.80 bits per heavy atom. The molecule has 1 aromatic rings. The standard InChI is InChI=1S/C10H12ClF2NO/c11-8-3-1-7(2-4-8)9(15)5-14-6-10(12)13/h1-4,9-10,14-15H,5-6H2. The highest BCUT2D eigenvalue weighted by Gasteiger charge is 2.08. The average Bonchev–Trinajstić information content (AvgIpc) is 2.18. The lowest BCUT2D eigenvalue weighted by Gasteiger charge is -2.11. The van der Waals surface area contributed by atoms with E-state index >= 15 is 0 Å². The van der Waals surface area contributed by atoms with Crippen molar-refractivity contribution in [1.29, 1.82) is 0 Å². The Bertz CT molecular complexity index is 292. The van der Waals surface area contributed by atoms with E-state index in [1.54, 1.807) is 24.3 Å². The minimum atomic E-state index is -2.40. The van der Waals surface area contributed by atoms with Gasteiger partial charge in [-0.15, -0.1) is 0 Å². The summed E-state index contributed by atoms with van der Waals surface area (Å²) in [6, 6.07) is 6.62. The van der Waals surface area contributed by atoms with Crippen LogP contribution in [0.3, 0.4) is 0 Å². The van der Waals surface area contributed by atoms with Gasteiger partial charge in [-0.2, -0.15) is 0 Å². The van der Waals surface area contributed by atoms with Crippen molar-refractivity contribution in [1.82, 2.24) is 5.32 Å². The van der Waals surface area contributed by atoms with Crippen molar-refractivity contribution >= 4 is 11.6 Å². The lowest BCUT2D eigenvalue weighted by molar-refractivity contribution is 0.129. The van der Waals surface area contributed by atoms with Gasteiger partial charge in [-0.1, -0.05) is 23.7 Å². The van der Waals surface area contributed by atoms with Crippen LogP contribution in [0, 0.1) is 0 Å². The van der Waals surface area contributed by atoms with Gasteiger partial charge >= 0.3 is 0 Å². The first-order chi connectivity index (χ1) is 7.09. The van der Waals surface area contributed by atoms with Crippen LogP contribution in [0.5, 0.6) is 0 Å². The fourth-order valence-electron chi connectivity index (χ4n) is 1.13. The second-order valence-electron chi connectivity index (χ2n) is 3.12. The summed E-state index contributed by atoms with van der Waals surface area (Å²) in [5.74, 6) is 0. The van der Waals surface area contributed by atoms with Crippen molar-refractivity contribution in [2.45, 2.75) is 12.5 Å². The summed E-state index contributed by atoms with van der Waals surface area (Å²) >= 11 is 5.67. The summed E-state index contributed by atoms with van der Waals surface area (Å²) in [5, 5.41) is 12.6. The number of aliphatic hydroxyl groups is 1. The molecule has 0 amide bonds. The monoisotopic (exact) mass is 235 g/mol. The molecule has 5 heteroatoms. The van der Waals surface area contributed by atoms with E-state index in [0.29, 0.717) is 10.6 Å². The molecule has 0 radical (unpaired) electrons. The quantitative estimate of drug-likeness (QED) is 0.820. The number of halogens is 3. The molecule has 1 aromatic carbocycles. The SMILES string of the molecule is OC(CNCC(F)F)c1ccc(Cl)cc1. The van der Waals surface area contributed by atoms with Crippen LogP contribution in [0.2, 0.25) is 5.02 Å². The molecular weight excluding hydrogens is 224 g/mol. The zero-order valence-corrected chi connectivity index (χ0v) is 8.72. The summed E-state index contributed by atoms with van der Waals surface area (Å²) in [5.41, 5.74) is 0.654. The summed E-state index contributed by atoms with van der Waals surface area (Å²) in [6.45, 7) is -0.309. The number of benzene rings is 1. The van der Waals surface area contributed by atoms with Gasteiger partial charge in [0.15, 0.2) is 0 Å². The van der Waals surface area contributed by atoms with Gasteiger partial charge in [-0.25, -0.2) is 8.78 Å². The largest absolute Gasteiger partial charge is 0.387 e. The zero-order chi connectivity index (χ0) is 11.3. The number of hydrogen-bond donors (Lipinski definition) is 2. The molecule has 0 heterocycles. The third kappa shape index (κ3) is 4.55. The molecular formula is C10H12ClF2NO. The lowest BCUT2D eigenvalue weighted by Crippen LogP contribution is -2.26. The molecule has 0 saturated heterocycles. The maximum atomic E-state index is 11.8. The van der Waals surface area contributed by atoms with Crippen molar-refractivity contribution in [3.8, 4) is 0 Å². The molecule has 0 aliphatic carbocycles. The van der Waals surface area contributed by atoms with Crippen LogP contribution >= 0.6 is 11.6 Å². The molecule has 1 unspecified atom stereocenters. The smallest absolute Gasteiger partial charge is 0.250 e. The average molecular weight is 236 g/mol. The van der Waals surface area contributed by atoms with Gasteiger partial charge in [0.05, 0.1) is 12.6 Å². The molecule has 2 nitrogen and oxygen atoms in total. The lowest BCUT2D eigenvalue weighted by atomic mass is 10.1. The molecule has 0 aromatic heterocycles. The van der Waals surface area contributed by atoms with Crippen molar-refractivity contribution in [2.24, 2.45) is 0 Å². The maximum Gasteiger partial charge on any atom is 0.250 e. The van der Waals surface area contributed by atoms with E-state index in [4.69, 9.17) is 11.6 Å². The van der Waals surface area contributed by atoms with Crippen molar-refractivity contribution in [3.63, 3.8) is 0 Å². The van der Waals surface area contributed by atoms with Gasteiger partial charge in [0.1, 0.15) is 0 Å². The van der Waals surface area contributed by atoms with Gasteiger partial charge in [0, 0.05) is 11.6 Å². The Morgan fingerprint density at radius 3 is 2.33 bits per heavy atom. The van der Waals surface area contributed by atoms with E-state index in [-0.39, 0.29) is 6.54 Å². The predicted molar refractivity (Wildman–Crippen MR) is 55.3 cm³/mol. The van der Waals surface area contributed by atoms with Crippen LogP contribution in [0.25, 0.3) is 0 Å². The number of rotatable bonds is 5. The van der Waals surface area contributed by atoms with Crippen LogP contribution in [-0.4, -0.2) is 24.6 Å². The molecule has 0 fully saturated rings. The summed E-state index contributed by atoms with van der Waals surface area (Å²) in [6.07, 6.45) is -3.19. The van der Waals surface area contributed by atoms with Gasteiger partial charge in [-0.3, -0.25) is 0 Å². The molecule has 0 aliphatic heterocycles. The second-order valence-corrected chi connectivity index (χ2v) is 3.55. The Labute approximate surface area is 91.9 Å². The van der Waals surface area contributed by atoms with Crippen molar-refractivity contribution < 1.29 is 13.9 Å². The summed E-state index contributed by atoms with van der Waals surface area (Å²) < 4.78 is 23.6. The fourth-order valence-corrected chi connectivity index (χ4v) is 1.26. The number of alkyl halides is 2. The zero-order valence-electron chi connectivity index (χ0n) is 7.96. The highest BCUT2D eigenvalue weighted by atomic mass is 35.5. The Balaban J connectivity index is 2.40. The van der Waals surface area contributed by atoms with Crippen LogP contribution in [0.15, 0.2) is 24.3 Å². The molecule has 0 spiro atoms. The van der Waals surface area contributed by atoms with Crippen LogP contribution in [0.1, 0.15) is 11.7 Å².